The number of rotatable bonds is 4. The molecule has 1 aliphatic carbocycles. The van der Waals surface area contributed by atoms with Gasteiger partial charge < -0.3 is 0 Å². The summed E-state index contributed by atoms with van der Waals surface area (Å²) >= 11 is 5.42. The number of halogens is 1. The second-order valence-corrected chi connectivity index (χ2v) is 5.62. The predicted molar refractivity (Wildman–Crippen MR) is 71.8 cm³/mol. The summed E-state index contributed by atoms with van der Waals surface area (Å²) in [5.74, 6) is 0.196. The highest BCUT2D eigenvalue weighted by Gasteiger charge is 2.17. The second-order valence-electron chi connectivity index (χ2n) is 4.29. The van der Waals surface area contributed by atoms with Crippen LogP contribution in [0.3, 0.4) is 0 Å². The van der Waals surface area contributed by atoms with Crippen LogP contribution < -0.4 is 0 Å². The van der Waals surface area contributed by atoms with E-state index >= 15 is 0 Å². The van der Waals surface area contributed by atoms with E-state index in [0.29, 0.717) is 11.1 Å². The maximum Gasteiger partial charge on any atom is 0.252 e. The Morgan fingerprint density at radius 1 is 1.39 bits per heavy atom. The van der Waals surface area contributed by atoms with Crippen molar-refractivity contribution >= 4 is 27.5 Å². The zero-order valence-corrected chi connectivity index (χ0v) is 11.3. The van der Waals surface area contributed by atoms with E-state index in [9.17, 15) is 13.2 Å². The van der Waals surface area contributed by atoms with E-state index in [-0.39, 0.29) is 11.7 Å². The van der Waals surface area contributed by atoms with E-state index in [1.165, 1.54) is 0 Å². The molecule has 0 fully saturated rings. The monoisotopic (exact) mass is 284 g/mol. The van der Waals surface area contributed by atoms with E-state index in [2.05, 4.69) is 12.2 Å². The van der Waals surface area contributed by atoms with Crippen LogP contribution in [-0.4, -0.2) is 13.7 Å². The lowest BCUT2D eigenvalue weighted by molar-refractivity contribution is 0.108. The van der Waals surface area contributed by atoms with Gasteiger partial charge in [0.1, 0.15) is 10.7 Å². The number of allylic oxidation sites excluding steroid dienone is 2. The first kappa shape index (κ1) is 13.3. The van der Waals surface area contributed by atoms with Crippen LogP contribution in [0.25, 0.3) is 0 Å². The molecule has 0 amide bonds. The van der Waals surface area contributed by atoms with Crippen molar-refractivity contribution in [2.24, 2.45) is 0 Å². The molecule has 0 saturated carbocycles. The van der Waals surface area contributed by atoms with E-state index in [1.807, 2.05) is 6.07 Å². The Kier molecular flexibility index (Phi) is 4.19. The smallest absolute Gasteiger partial charge is 0.252 e. The normalized spacial score (nSPS) is 18.4. The molecule has 0 aliphatic heterocycles. The number of benzene rings is 1. The first-order valence-corrected chi connectivity index (χ1v) is 7.43. The minimum absolute atomic E-state index is 0.0486. The summed E-state index contributed by atoms with van der Waals surface area (Å²) in [6.45, 7) is 0. The van der Waals surface area contributed by atoms with Crippen LogP contribution in [0.1, 0.15) is 40.2 Å². The second kappa shape index (κ2) is 5.67. The summed E-state index contributed by atoms with van der Waals surface area (Å²) in [7, 11) is -2.52. The number of hydrogen-bond donors (Lipinski definition) is 1. The van der Waals surface area contributed by atoms with Gasteiger partial charge in [0.05, 0.1) is 5.75 Å². The number of carbonyl (C=O) groups excluding carboxylic acids is 1. The van der Waals surface area contributed by atoms with Gasteiger partial charge in [-0.2, -0.15) is 0 Å². The van der Waals surface area contributed by atoms with Crippen LogP contribution in [0.2, 0.25) is 0 Å². The number of hydrogen-bond acceptors (Lipinski definition) is 3. The quantitative estimate of drug-likeness (QED) is 0.525. The first-order chi connectivity index (χ1) is 8.58. The molecule has 1 aromatic rings. The third-order valence-corrected chi connectivity index (χ3v) is 3.90. The molecule has 0 spiro atoms. The first-order valence-electron chi connectivity index (χ1n) is 5.69. The average molecular weight is 285 g/mol. The van der Waals surface area contributed by atoms with Gasteiger partial charge >= 0.3 is 0 Å². The van der Waals surface area contributed by atoms with Crippen LogP contribution >= 0.6 is 11.6 Å². The zero-order chi connectivity index (χ0) is 13.1. The highest BCUT2D eigenvalue weighted by Crippen LogP contribution is 2.31. The molecular formula is C13H13ClO3S. The Morgan fingerprint density at radius 2 is 2.17 bits per heavy atom. The third kappa shape index (κ3) is 3.00. The van der Waals surface area contributed by atoms with E-state index in [1.54, 1.807) is 12.1 Å². The molecule has 96 valence electrons. The van der Waals surface area contributed by atoms with Gasteiger partial charge in [0.15, 0.2) is 0 Å². The van der Waals surface area contributed by atoms with Crippen molar-refractivity contribution in [3.8, 4) is 0 Å². The summed E-state index contributed by atoms with van der Waals surface area (Å²) in [5, 5.41) is -0.564. The van der Waals surface area contributed by atoms with E-state index in [0.717, 1.165) is 18.4 Å². The molecule has 18 heavy (non-hydrogen) atoms. The molecule has 0 heterocycles. The fourth-order valence-corrected chi connectivity index (χ4v) is 2.93. The molecule has 0 aromatic heterocycles. The largest absolute Gasteiger partial charge is 0.276 e. The molecule has 1 unspecified atom stereocenters. The third-order valence-electron chi connectivity index (χ3n) is 3.08. The summed E-state index contributed by atoms with van der Waals surface area (Å²) in [4.78, 5) is 11.1. The maximum absolute atomic E-state index is 11.1. The van der Waals surface area contributed by atoms with Crippen molar-refractivity contribution < 1.29 is 13.2 Å². The molecule has 2 rings (SSSR count). The maximum atomic E-state index is 11.1. The zero-order valence-electron chi connectivity index (χ0n) is 9.64. The van der Waals surface area contributed by atoms with Gasteiger partial charge in [0.25, 0.3) is 5.24 Å². The van der Waals surface area contributed by atoms with Crippen LogP contribution in [0.4, 0.5) is 0 Å². The van der Waals surface area contributed by atoms with Crippen molar-refractivity contribution in [3.05, 3.63) is 47.0 Å². The van der Waals surface area contributed by atoms with Crippen molar-refractivity contribution in [2.45, 2.75) is 24.5 Å². The van der Waals surface area contributed by atoms with Crippen molar-refractivity contribution in [1.82, 2.24) is 0 Å². The molecule has 0 saturated heterocycles. The molecule has 0 bridgehead atoms. The molecule has 0 radical (unpaired) electrons. The topological polar surface area (TPSA) is 51.2 Å². The van der Waals surface area contributed by atoms with Gasteiger partial charge in [-0.15, -0.1) is 0 Å². The fraction of sp³-hybridized carbons (Fsp3) is 0.308. The minimum Gasteiger partial charge on any atom is -0.276 e. The predicted octanol–water partition coefficient (Wildman–Crippen LogP) is 2.61. The summed E-state index contributed by atoms with van der Waals surface area (Å²) < 4.78 is 21.8. The summed E-state index contributed by atoms with van der Waals surface area (Å²) in [5.41, 5.74) is 1.99. The Hall–Kier alpha value is -1.13. The Labute approximate surface area is 112 Å². The van der Waals surface area contributed by atoms with E-state index < -0.39 is 15.9 Å². The lowest BCUT2D eigenvalue weighted by Gasteiger charge is -2.13. The van der Waals surface area contributed by atoms with Gasteiger partial charge in [-0.1, -0.05) is 18.2 Å². The molecule has 3 nitrogen and oxygen atoms in total. The number of carbonyl (C=O) groups is 1. The lowest BCUT2D eigenvalue weighted by atomic mass is 9.93. The van der Waals surface area contributed by atoms with Crippen molar-refractivity contribution in [1.29, 1.82) is 0 Å². The molecule has 0 N–H and O–H groups in total. The molecule has 5 heteroatoms. The highest BCUT2D eigenvalue weighted by atomic mass is 35.5. The van der Waals surface area contributed by atoms with Gasteiger partial charge in [-0.25, -0.2) is 8.42 Å². The van der Waals surface area contributed by atoms with Crippen LogP contribution in [0, 0.1) is 0 Å². The molecule has 1 atom stereocenters. The lowest BCUT2D eigenvalue weighted by Crippen LogP contribution is -2.02. The SMILES string of the molecule is O=C(Cl)c1ccc(C2C=CCC2)c(C[SH](=O)=O)c1. The minimum atomic E-state index is -2.52. The van der Waals surface area contributed by atoms with Crippen LogP contribution in [0.15, 0.2) is 30.4 Å². The Morgan fingerprint density at radius 3 is 2.72 bits per heavy atom. The van der Waals surface area contributed by atoms with Gasteiger partial charge in [-0.05, 0) is 47.7 Å². The van der Waals surface area contributed by atoms with Gasteiger partial charge in [0.2, 0.25) is 0 Å². The van der Waals surface area contributed by atoms with E-state index in [4.69, 9.17) is 11.6 Å². The van der Waals surface area contributed by atoms with Crippen molar-refractivity contribution in [2.75, 3.05) is 0 Å². The molecular weight excluding hydrogens is 272 g/mol. The Bertz CT molecular complexity index is 568. The standard InChI is InChI=1S/C13H13ClO3S/c14-13(15)10-5-6-12(9-3-1-2-4-9)11(7-10)8-18(16)17/h1,3,5-7,9,18H,2,4,8H2. The highest BCUT2D eigenvalue weighted by molar-refractivity contribution is 7.71. The summed E-state index contributed by atoms with van der Waals surface area (Å²) in [6, 6.07) is 5.05. The van der Waals surface area contributed by atoms with Gasteiger partial charge in [0, 0.05) is 11.5 Å². The van der Waals surface area contributed by atoms with Crippen molar-refractivity contribution in [3.63, 3.8) is 0 Å². The van der Waals surface area contributed by atoms with Crippen LogP contribution in [0.5, 0.6) is 0 Å². The summed E-state index contributed by atoms with van der Waals surface area (Å²) in [6.07, 6.45) is 6.16. The Balaban J connectivity index is 2.43. The van der Waals surface area contributed by atoms with Gasteiger partial charge in [-0.3, -0.25) is 4.79 Å². The molecule has 1 aromatic carbocycles. The van der Waals surface area contributed by atoms with Crippen LogP contribution in [-0.2, 0) is 16.5 Å². The fourth-order valence-electron chi connectivity index (χ4n) is 2.26. The average Bonchev–Trinajstić information content (AvgIpc) is 2.81. The number of thiol groups is 1. The molecule has 1 aliphatic rings.